The van der Waals surface area contributed by atoms with Gasteiger partial charge in [0.2, 0.25) is 5.95 Å². The fraction of sp³-hybridized carbons (Fsp3) is 0.722. The number of nitrogens with one attached hydrogen (secondary N) is 2. The van der Waals surface area contributed by atoms with Gasteiger partial charge in [0.1, 0.15) is 0 Å². The van der Waals surface area contributed by atoms with Crippen molar-refractivity contribution in [3.63, 3.8) is 0 Å². The highest BCUT2D eigenvalue weighted by Gasteiger charge is 2.50. The molecule has 0 aromatic carbocycles. The molecule has 4 heteroatoms. The van der Waals surface area contributed by atoms with Crippen LogP contribution in [0.5, 0.6) is 0 Å². The highest BCUT2D eigenvalue weighted by atomic mass is 19.1. The lowest BCUT2D eigenvalue weighted by Crippen LogP contribution is -2.58. The van der Waals surface area contributed by atoms with E-state index in [4.69, 9.17) is 0 Å². The average Bonchev–Trinajstić information content (AvgIpc) is 2.47. The zero-order valence-electron chi connectivity index (χ0n) is 13.2. The molecule has 1 aromatic rings. The molecular formula is C18H26FN3. The Labute approximate surface area is 132 Å². The molecule has 0 saturated heterocycles. The zero-order chi connectivity index (χ0) is 15.0. The summed E-state index contributed by atoms with van der Waals surface area (Å²) in [6.45, 7) is 1.99. The maximum absolute atomic E-state index is 12.7. The van der Waals surface area contributed by atoms with Crippen LogP contribution in [0.25, 0.3) is 0 Å². The molecule has 120 valence electrons. The minimum Gasteiger partial charge on any atom is -0.384 e. The van der Waals surface area contributed by atoms with Gasteiger partial charge in [-0.1, -0.05) is 0 Å². The van der Waals surface area contributed by atoms with Crippen LogP contribution in [-0.4, -0.2) is 23.6 Å². The third-order valence-electron chi connectivity index (χ3n) is 5.95. The highest BCUT2D eigenvalue weighted by Crippen LogP contribution is 2.55. The molecule has 4 aliphatic rings. The molecule has 5 rings (SSSR count). The van der Waals surface area contributed by atoms with E-state index >= 15 is 0 Å². The molecule has 0 amide bonds. The van der Waals surface area contributed by atoms with E-state index in [-0.39, 0.29) is 0 Å². The third-order valence-corrected chi connectivity index (χ3v) is 5.95. The van der Waals surface area contributed by atoms with Crippen molar-refractivity contribution in [3.8, 4) is 0 Å². The van der Waals surface area contributed by atoms with Crippen LogP contribution in [0, 0.1) is 23.7 Å². The molecule has 4 fully saturated rings. The van der Waals surface area contributed by atoms with Crippen molar-refractivity contribution in [1.29, 1.82) is 0 Å². The van der Waals surface area contributed by atoms with E-state index < -0.39 is 5.95 Å². The second-order valence-corrected chi connectivity index (χ2v) is 7.77. The van der Waals surface area contributed by atoms with Crippen LogP contribution < -0.4 is 10.6 Å². The fourth-order valence-electron chi connectivity index (χ4n) is 5.48. The van der Waals surface area contributed by atoms with Gasteiger partial charge < -0.3 is 10.6 Å². The molecule has 4 saturated carbocycles. The largest absolute Gasteiger partial charge is 0.384 e. The summed E-state index contributed by atoms with van der Waals surface area (Å²) in [6, 6.07) is 3.14. The number of rotatable bonds is 6. The molecule has 0 unspecified atom stereocenters. The van der Waals surface area contributed by atoms with Gasteiger partial charge in [-0.2, -0.15) is 4.39 Å². The van der Waals surface area contributed by atoms with E-state index in [2.05, 4.69) is 15.6 Å². The molecule has 0 radical (unpaired) electrons. The summed E-state index contributed by atoms with van der Waals surface area (Å²) in [5.41, 5.74) is 1.36. The molecule has 4 aliphatic carbocycles. The maximum Gasteiger partial charge on any atom is 0.212 e. The second kappa shape index (κ2) is 5.80. The summed E-state index contributed by atoms with van der Waals surface area (Å²) in [7, 11) is 0. The smallest absolute Gasteiger partial charge is 0.212 e. The number of halogens is 1. The number of hydrogen-bond donors (Lipinski definition) is 2. The molecule has 0 aliphatic heterocycles. The predicted octanol–water partition coefficient (Wildman–Crippen LogP) is 3.58. The maximum atomic E-state index is 12.7. The van der Waals surface area contributed by atoms with E-state index in [1.54, 1.807) is 12.3 Å². The second-order valence-electron chi connectivity index (χ2n) is 7.77. The van der Waals surface area contributed by atoms with Crippen molar-refractivity contribution < 1.29 is 4.39 Å². The summed E-state index contributed by atoms with van der Waals surface area (Å²) >= 11 is 0. The van der Waals surface area contributed by atoms with Crippen molar-refractivity contribution >= 4 is 5.69 Å². The SMILES string of the molecule is Fc1ccc(NCCCNC23CC4CC(CC(C4)C2)C3)cn1. The number of aromatic nitrogens is 1. The first kappa shape index (κ1) is 14.4. The summed E-state index contributed by atoms with van der Waals surface area (Å²) in [5.74, 6) is 2.58. The van der Waals surface area contributed by atoms with E-state index in [0.717, 1.165) is 43.0 Å². The third kappa shape index (κ3) is 2.98. The molecule has 1 heterocycles. The number of anilines is 1. The zero-order valence-corrected chi connectivity index (χ0v) is 13.2. The van der Waals surface area contributed by atoms with Gasteiger partial charge in [0.25, 0.3) is 0 Å². The minimum atomic E-state index is -0.422. The molecule has 0 spiro atoms. The Kier molecular flexibility index (Phi) is 3.81. The first-order valence-corrected chi connectivity index (χ1v) is 8.81. The van der Waals surface area contributed by atoms with Gasteiger partial charge in [0, 0.05) is 12.1 Å². The molecule has 2 N–H and O–H groups in total. The standard InChI is InChI=1S/C18H26FN3/c19-17-3-2-16(12-21-17)20-4-1-5-22-18-9-13-6-14(10-18)8-15(7-13)11-18/h2-3,12-15,20,22H,1,4-11H2. The minimum absolute atomic E-state index is 0.422. The van der Waals surface area contributed by atoms with Crippen LogP contribution in [-0.2, 0) is 0 Å². The molecule has 4 bridgehead atoms. The highest BCUT2D eigenvalue weighted by molar-refractivity contribution is 5.39. The molecule has 0 atom stereocenters. The Bertz CT molecular complexity index is 478. The number of nitrogens with zero attached hydrogens (tertiary/aromatic N) is 1. The fourth-order valence-corrected chi connectivity index (χ4v) is 5.48. The van der Waals surface area contributed by atoms with Crippen molar-refractivity contribution in [3.05, 3.63) is 24.3 Å². The van der Waals surface area contributed by atoms with Crippen LogP contribution in [0.15, 0.2) is 18.3 Å². The summed E-state index contributed by atoms with van der Waals surface area (Å²) in [4.78, 5) is 3.66. The van der Waals surface area contributed by atoms with Gasteiger partial charge in [0.15, 0.2) is 0 Å². The summed E-state index contributed by atoms with van der Waals surface area (Å²) in [5, 5.41) is 7.22. The van der Waals surface area contributed by atoms with Crippen molar-refractivity contribution in [2.75, 3.05) is 18.4 Å². The number of pyridine rings is 1. The Morgan fingerprint density at radius 1 is 1.05 bits per heavy atom. The van der Waals surface area contributed by atoms with Crippen LogP contribution in [0.2, 0.25) is 0 Å². The van der Waals surface area contributed by atoms with Crippen molar-refractivity contribution in [2.24, 2.45) is 17.8 Å². The normalized spacial score (nSPS) is 35.8. The van der Waals surface area contributed by atoms with E-state index in [1.165, 1.54) is 44.6 Å². The van der Waals surface area contributed by atoms with Crippen LogP contribution in [0.4, 0.5) is 10.1 Å². The average molecular weight is 303 g/mol. The summed E-state index contributed by atoms with van der Waals surface area (Å²) < 4.78 is 12.7. The monoisotopic (exact) mass is 303 g/mol. The lowest BCUT2D eigenvalue weighted by molar-refractivity contribution is -0.0194. The molecule has 3 nitrogen and oxygen atoms in total. The van der Waals surface area contributed by atoms with Gasteiger partial charge in [0.05, 0.1) is 11.9 Å². The quantitative estimate of drug-likeness (QED) is 0.623. The van der Waals surface area contributed by atoms with Crippen LogP contribution in [0.3, 0.4) is 0 Å². The Balaban J connectivity index is 1.21. The lowest BCUT2D eigenvalue weighted by Gasteiger charge is -2.57. The topological polar surface area (TPSA) is 37.0 Å². The van der Waals surface area contributed by atoms with Crippen LogP contribution in [0.1, 0.15) is 44.9 Å². The van der Waals surface area contributed by atoms with Gasteiger partial charge >= 0.3 is 0 Å². The van der Waals surface area contributed by atoms with Gasteiger partial charge in [-0.05, 0) is 81.4 Å². The Hall–Kier alpha value is -1.16. The van der Waals surface area contributed by atoms with Gasteiger partial charge in [-0.3, -0.25) is 0 Å². The van der Waals surface area contributed by atoms with Crippen molar-refractivity contribution in [2.45, 2.75) is 50.5 Å². The van der Waals surface area contributed by atoms with Gasteiger partial charge in [-0.25, -0.2) is 4.98 Å². The first-order chi connectivity index (χ1) is 10.7. The van der Waals surface area contributed by atoms with Gasteiger partial charge in [-0.15, -0.1) is 0 Å². The van der Waals surface area contributed by atoms with E-state index in [0.29, 0.717) is 5.54 Å². The van der Waals surface area contributed by atoms with E-state index in [1.807, 2.05) is 0 Å². The first-order valence-electron chi connectivity index (χ1n) is 8.81. The molecule has 1 aromatic heterocycles. The Morgan fingerprint density at radius 3 is 2.32 bits per heavy atom. The molecule has 22 heavy (non-hydrogen) atoms. The number of hydrogen-bond acceptors (Lipinski definition) is 3. The summed E-state index contributed by atoms with van der Waals surface area (Å²) in [6.07, 6.45) is 11.4. The van der Waals surface area contributed by atoms with Crippen molar-refractivity contribution in [1.82, 2.24) is 10.3 Å². The van der Waals surface area contributed by atoms with Crippen LogP contribution >= 0.6 is 0 Å². The Morgan fingerprint density at radius 2 is 1.73 bits per heavy atom. The van der Waals surface area contributed by atoms with E-state index in [9.17, 15) is 4.39 Å². The lowest BCUT2D eigenvalue weighted by atomic mass is 9.53. The predicted molar refractivity (Wildman–Crippen MR) is 86.2 cm³/mol. The molecular weight excluding hydrogens is 277 g/mol.